The van der Waals surface area contributed by atoms with E-state index in [1.54, 1.807) is 0 Å². The molecule has 106 valence electrons. The Morgan fingerprint density at radius 3 is 3.05 bits per heavy atom. The molecule has 3 N–H and O–H groups in total. The summed E-state index contributed by atoms with van der Waals surface area (Å²) in [6.45, 7) is 2.72. The Bertz CT molecular complexity index is 648. The van der Waals surface area contributed by atoms with Crippen LogP contribution in [0.25, 0.3) is 11.2 Å². The lowest BCUT2D eigenvalue weighted by Crippen LogP contribution is -2.54. The molecule has 1 fully saturated rings. The Hall–Kier alpha value is -1.73. The molecule has 0 aromatic carbocycles. The third-order valence-corrected chi connectivity index (χ3v) is 3.86. The van der Waals surface area contributed by atoms with Crippen molar-refractivity contribution in [2.45, 2.75) is 31.7 Å². The molecule has 0 aliphatic carbocycles. The first-order valence-electron chi connectivity index (χ1n) is 6.52. The SMILES string of the molecule is CC1(C(=O)Nc2nc(Cl)c3[nH]cnc3n2)CCCCN1. The number of halogens is 1. The third-order valence-electron chi connectivity index (χ3n) is 3.59. The molecule has 3 heterocycles. The summed E-state index contributed by atoms with van der Waals surface area (Å²) in [5.74, 6) is 0.0244. The maximum absolute atomic E-state index is 12.4. The zero-order valence-electron chi connectivity index (χ0n) is 11.0. The van der Waals surface area contributed by atoms with E-state index in [0.717, 1.165) is 25.8 Å². The van der Waals surface area contributed by atoms with Crippen LogP contribution in [0, 0.1) is 0 Å². The number of nitrogens with zero attached hydrogens (tertiary/aromatic N) is 3. The first kappa shape index (κ1) is 13.3. The average molecular weight is 295 g/mol. The van der Waals surface area contributed by atoms with Crippen LogP contribution in [0.1, 0.15) is 26.2 Å². The van der Waals surface area contributed by atoms with Gasteiger partial charge in [0.15, 0.2) is 10.8 Å². The molecule has 2 aromatic heterocycles. The molecule has 1 unspecified atom stereocenters. The standard InChI is InChI=1S/C12H15ClN6O/c1-12(4-2-3-5-16-12)10(20)19-11-17-8(13)7-9(18-11)15-6-14-7/h6,16H,2-5H2,1H3,(H2,14,15,17,18,19,20). The normalized spacial score (nSPS) is 22.9. The maximum atomic E-state index is 12.4. The summed E-state index contributed by atoms with van der Waals surface area (Å²) in [4.78, 5) is 27.4. The highest BCUT2D eigenvalue weighted by Crippen LogP contribution is 2.22. The number of anilines is 1. The average Bonchev–Trinajstić information content (AvgIpc) is 2.88. The van der Waals surface area contributed by atoms with Crippen LogP contribution in [0.2, 0.25) is 5.15 Å². The lowest BCUT2D eigenvalue weighted by atomic mass is 9.90. The van der Waals surface area contributed by atoms with E-state index in [9.17, 15) is 4.79 Å². The molecule has 20 heavy (non-hydrogen) atoms. The van der Waals surface area contributed by atoms with Gasteiger partial charge in [-0.05, 0) is 32.7 Å². The highest BCUT2D eigenvalue weighted by molar-refractivity contribution is 6.33. The summed E-state index contributed by atoms with van der Waals surface area (Å²) in [5, 5.41) is 6.19. The molecule has 1 aliphatic heterocycles. The first-order valence-corrected chi connectivity index (χ1v) is 6.89. The lowest BCUT2D eigenvalue weighted by molar-refractivity contribution is -0.122. The van der Waals surface area contributed by atoms with Gasteiger partial charge in [-0.2, -0.15) is 9.97 Å². The van der Waals surface area contributed by atoms with Crippen LogP contribution >= 0.6 is 11.6 Å². The van der Waals surface area contributed by atoms with Crippen molar-refractivity contribution in [1.29, 1.82) is 0 Å². The van der Waals surface area contributed by atoms with Gasteiger partial charge >= 0.3 is 0 Å². The van der Waals surface area contributed by atoms with Crippen LogP contribution in [0.15, 0.2) is 6.33 Å². The number of carbonyl (C=O) groups is 1. The largest absolute Gasteiger partial charge is 0.341 e. The van der Waals surface area contributed by atoms with Gasteiger partial charge in [-0.25, -0.2) is 4.98 Å². The lowest BCUT2D eigenvalue weighted by Gasteiger charge is -2.33. The predicted octanol–water partition coefficient (Wildman–Crippen LogP) is 1.48. The van der Waals surface area contributed by atoms with E-state index < -0.39 is 5.54 Å². The summed E-state index contributed by atoms with van der Waals surface area (Å²) >= 11 is 6.02. The Balaban J connectivity index is 1.83. The topological polar surface area (TPSA) is 95.6 Å². The van der Waals surface area contributed by atoms with Crippen molar-refractivity contribution in [2.24, 2.45) is 0 Å². The number of aromatic nitrogens is 4. The number of imidazole rings is 1. The van der Waals surface area contributed by atoms with E-state index in [-0.39, 0.29) is 17.0 Å². The third kappa shape index (κ3) is 2.34. The molecule has 0 spiro atoms. The molecule has 0 radical (unpaired) electrons. The second kappa shape index (κ2) is 4.99. The van der Waals surface area contributed by atoms with Crippen molar-refractivity contribution in [3.63, 3.8) is 0 Å². The molecular weight excluding hydrogens is 280 g/mol. The minimum atomic E-state index is -0.589. The fraction of sp³-hybridized carbons (Fsp3) is 0.500. The monoisotopic (exact) mass is 294 g/mol. The second-order valence-electron chi connectivity index (χ2n) is 5.11. The fourth-order valence-electron chi connectivity index (χ4n) is 2.34. The zero-order chi connectivity index (χ0) is 14.2. The molecule has 8 heteroatoms. The number of hydrogen-bond donors (Lipinski definition) is 3. The number of rotatable bonds is 2. The van der Waals surface area contributed by atoms with Gasteiger partial charge in [0.25, 0.3) is 0 Å². The molecule has 0 saturated carbocycles. The van der Waals surface area contributed by atoms with Crippen LogP contribution in [0.4, 0.5) is 5.95 Å². The first-order chi connectivity index (χ1) is 9.58. The van der Waals surface area contributed by atoms with Gasteiger partial charge in [0.2, 0.25) is 11.9 Å². The summed E-state index contributed by atoms with van der Waals surface area (Å²) in [6.07, 6.45) is 4.39. The van der Waals surface area contributed by atoms with E-state index >= 15 is 0 Å². The molecule has 2 aromatic rings. The maximum Gasteiger partial charge on any atom is 0.246 e. The van der Waals surface area contributed by atoms with E-state index in [4.69, 9.17) is 11.6 Å². The second-order valence-corrected chi connectivity index (χ2v) is 5.47. The number of H-pyrrole nitrogens is 1. The molecule has 1 atom stereocenters. The minimum absolute atomic E-state index is 0.150. The molecular formula is C12H15ClN6O. The van der Waals surface area contributed by atoms with Gasteiger partial charge in [0, 0.05) is 0 Å². The number of amides is 1. The van der Waals surface area contributed by atoms with Crippen molar-refractivity contribution >= 4 is 34.6 Å². The van der Waals surface area contributed by atoms with Gasteiger partial charge < -0.3 is 10.3 Å². The van der Waals surface area contributed by atoms with Gasteiger partial charge in [-0.15, -0.1) is 0 Å². The fourth-order valence-corrected chi connectivity index (χ4v) is 2.56. The van der Waals surface area contributed by atoms with Crippen molar-refractivity contribution in [3.05, 3.63) is 11.5 Å². The zero-order valence-corrected chi connectivity index (χ0v) is 11.8. The van der Waals surface area contributed by atoms with Crippen LogP contribution in [0.3, 0.4) is 0 Å². The van der Waals surface area contributed by atoms with E-state index in [2.05, 4.69) is 30.6 Å². The molecule has 0 bridgehead atoms. The van der Waals surface area contributed by atoms with Crippen LogP contribution in [-0.2, 0) is 4.79 Å². The number of carbonyl (C=O) groups excluding carboxylic acids is 1. The number of fused-ring (bicyclic) bond motifs is 1. The number of hydrogen-bond acceptors (Lipinski definition) is 5. The van der Waals surface area contributed by atoms with Gasteiger partial charge in [0.1, 0.15) is 5.52 Å². The van der Waals surface area contributed by atoms with E-state index in [1.165, 1.54) is 6.33 Å². The Kier molecular flexibility index (Phi) is 3.31. The summed E-state index contributed by atoms with van der Waals surface area (Å²) in [5.41, 5.74) is 0.406. The van der Waals surface area contributed by atoms with Gasteiger partial charge in [0.05, 0.1) is 11.9 Å². The molecule has 7 nitrogen and oxygen atoms in total. The van der Waals surface area contributed by atoms with Gasteiger partial charge in [-0.1, -0.05) is 11.6 Å². The Labute approximate surface area is 120 Å². The van der Waals surface area contributed by atoms with Crippen LogP contribution < -0.4 is 10.6 Å². The smallest absolute Gasteiger partial charge is 0.246 e. The number of aromatic amines is 1. The van der Waals surface area contributed by atoms with Crippen molar-refractivity contribution in [2.75, 3.05) is 11.9 Å². The minimum Gasteiger partial charge on any atom is -0.341 e. The van der Waals surface area contributed by atoms with Crippen molar-refractivity contribution in [3.8, 4) is 0 Å². The van der Waals surface area contributed by atoms with Crippen LogP contribution in [0.5, 0.6) is 0 Å². The molecule has 1 amide bonds. The summed E-state index contributed by atoms with van der Waals surface area (Å²) < 4.78 is 0. The van der Waals surface area contributed by atoms with E-state index in [1.807, 2.05) is 6.92 Å². The van der Waals surface area contributed by atoms with Gasteiger partial charge in [-0.3, -0.25) is 10.1 Å². The molecule has 1 aliphatic rings. The van der Waals surface area contributed by atoms with Crippen LogP contribution in [-0.4, -0.2) is 37.9 Å². The van der Waals surface area contributed by atoms with E-state index in [0.29, 0.717) is 11.2 Å². The molecule has 3 rings (SSSR count). The predicted molar refractivity (Wildman–Crippen MR) is 75.6 cm³/mol. The Morgan fingerprint density at radius 1 is 1.45 bits per heavy atom. The highest BCUT2D eigenvalue weighted by Gasteiger charge is 2.34. The summed E-state index contributed by atoms with van der Waals surface area (Å²) in [7, 11) is 0. The Morgan fingerprint density at radius 2 is 2.30 bits per heavy atom. The molecule has 1 saturated heterocycles. The quantitative estimate of drug-likeness (QED) is 0.729. The number of piperidine rings is 1. The summed E-state index contributed by atoms with van der Waals surface area (Å²) in [6, 6.07) is 0. The van der Waals surface area contributed by atoms with Crippen molar-refractivity contribution < 1.29 is 4.79 Å². The number of nitrogens with one attached hydrogen (secondary N) is 3. The highest BCUT2D eigenvalue weighted by atomic mass is 35.5. The van der Waals surface area contributed by atoms with Crippen molar-refractivity contribution in [1.82, 2.24) is 25.3 Å².